The number of carbonyl (C=O) groups is 1. The molecule has 1 saturated heterocycles. The fourth-order valence-corrected chi connectivity index (χ4v) is 2.96. The third-order valence-corrected chi connectivity index (χ3v) is 3.90. The van der Waals surface area contributed by atoms with Crippen molar-refractivity contribution in [2.24, 2.45) is 0 Å². The van der Waals surface area contributed by atoms with Crippen LogP contribution in [0.5, 0.6) is 0 Å². The highest BCUT2D eigenvalue weighted by Crippen LogP contribution is 2.20. The number of urea groups is 1. The van der Waals surface area contributed by atoms with E-state index < -0.39 is 0 Å². The molecule has 0 saturated carbocycles. The van der Waals surface area contributed by atoms with Gasteiger partial charge in [0.1, 0.15) is 0 Å². The Morgan fingerprint density at radius 3 is 2.20 bits per heavy atom. The summed E-state index contributed by atoms with van der Waals surface area (Å²) in [6.45, 7) is 8.38. The Morgan fingerprint density at radius 1 is 1.10 bits per heavy atom. The van der Waals surface area contributed by atoms with E-state index >= 15 is 0 Å². The van der Waals surface area contributed by atoms with Gasteiger partial charge in [-0.3, -0.25) is 5.43 Å². The highest BCUT2D eigenvalue weighted by molar-refractivity contribution is 5.89. The third kappa shape index (κ3) is 3.73. The molecule has 0 aromatic heterocycles. The smallest absolute Gasteiger partial charge is 0.307 e. The van der Waals surface area contributed by atoms with Gasteiger partial charge in [-0.2, -0.15) is 0 Å². The van der Waals surface area contributed by atoms with E-state index in [0.29, 0.717) is 12.1 Å². The van der Waals surface area contributed by atoms with Crippen LogP contribution in [-0.2, 0) is 0 Å². The highest BCUT2D eigenvalue weighted by atomic mass is 16.2. The predicted octanol–water partition coefficient (Wildman–Crippen LogP) is 3.60. The Bertz CT molecular complexity index is 456. The maximum Gasteiger partial charge on any atom is 0.333 e. The lowest BCUT2D eigenvalue weighted by Gasteiger charge is -2.38. The summed E-state index contributed by atoms with van der Waals surface area (Å²) in [6.07, 6.45) is 3.50. The largest absolute Gasteiger partial charge is 0.333 e. The Labute approximate surface area is 121 Å². The quantitative estimate of drug-likeness (QED) is 0.866. The Kier molecular flexibility index (Phi) is 4.65. The molecule has 1 aromatic carbocycles. The number of amides is 2. The van der Waals surface area contributed by atoms with Gasteiger partial charge in [0, 0.05) is 17.8 Å². The second-order valence-electron chi connectivity index (χ2n) is 5.98. The number of rotatable bonds is 2. The Morgan fingerprint density at radius 2 is 1.65 bits per heavy atom. The van der Waals surface area contributed by atoms with Gasteiger partial charge < -0.3 is 5.32 Å². The molecule has 110 valence electrons. The van der Waals surface area contributed by atoms with E-state index in [-0.39, 0.29) is 6.03 Å². The zero-order valence-corrected chi connectivity index (χ0v) is 12.9. The van der Waals surface area contributed by atoms with Gasteiger partial charge in [0.2, 0.25) is 0 Å². The van der Waals surface area contributed by atoms with Crippen LogP contribution in [0.2, 0.25) is 0 Å². The second kappa shape index (κ2) is 6.27. The van der Waals surface area contributed by atoms with Gasteiger partial charge in [0.15, 0.2) is 0 Å². The summed E-state index contributed by atoms with van der Waals surface area (Å²) in [6, 6.07) is 6.69. The molecule has 0 aliphatic carbocycles. The molecule has 2 rings (SSSR count). The van der Waals surface area contributed by atoms with Crippen molar-refractivity contribution in [2.75, 3.05) is 5.32 Å². The van der Waals surface area contributed by atoms with Crippen LogP contribution in [-0.4, -0.2) is 23.1 Å². The first-order chi connectivity index (χ1) is 9.45. The van der Waals surface area contributed by atoms with Crippen LogP contribution in [0.4, 0.5) is 10.5 Å². The van der Waals surface area contributed by atoms with Gasteiger partial charge in [-0.1, -0.05) is 12.5 Å². The molecule has 20 heavy (non-hydrogen) atoms. The van der Waals surface area contributed by atoms with Crippen LogP contribution in [0, 0.1) is 13.8 Å². The molecular weight excluding hydrogens is 250 g/mol. The summed E-state index contributed by atoms with van der Waals surface area (Å²) in [4.78, 5) is 12.1. The molecule has 1 fully saturated rings. The molecule has 0 bridgehead atoms. The fourth-order valence-electron chi connectivity index (χ4n) is 2.96. The molecule has 1 heterocycles. The highest BCUT2D eigenvalue weighted by Gasteiger charge is 2.25. The average Bonchev–Trinajstić information content (AvgIpc) is 2.32. The lowest BCUT2D eigenvalue weighted by molar-refractivity contribution is 0.0625. The molecule has 2 N–H and O–H groups in total. The van der Waals surface area contributed by atoms with Gasteiger partial charge in [-0.15, -0.1) is 0 Å². The van der Waals surface area contributed by atoms with E-state index in [2.05, 4.69) is 35.7 Å². The molecule has 1 aliphatic rings. The minimum absolute atomic E-state index is 0.157. The van der Waals surface area contributed by atoms with Crippen molar-refractivity contribution >= 4 is 11.7 Å². The third-order valence-electron chi connectivity index (χ3n) is 3.90. The van der Waals surface area contributed by atoms with Crippen LogP contribution in [0.1, 0.15) is 44.2 Å². The van der Waals surface area contributed by atoms with E-state index in [4.69, 9.17) is 0 Å². The molecule has 0 unspecified atom stereocenters. The molecule has 4 nitrogen and oxygen atoms in total. The SMILES string of the molecule is Cc1cc(C)cc(NC(=O)NN2[C@@H](C)CCC[C@@H]2C)c1. The number of hydrogen-bond donors (Lipinski definition) is 2. The molecule has 2 amide bonds. The van der Waals surface area contributed by atoms with Crippen molar-refractivity contribution in [3.8, 4) is 0 Å². The monoisotopic (exact) mass is 275 g/mol. The lowest BCUT2D eigenvalue weighted by Crippen LogP contribution is -2.55. The zero-order chi connectivity index (χ0) is 14.7. The predicted molar refractivity (Wildman–Crippen MR) is 82.7 cm³/mol. The number of benzene rings is 1. The van der Waals surface area contributed by atoms with Gasteiger partial charge in [0.25, 0.3) is 0 Å². The van der Waals surface area contributed by atoms with Crippen LogP contribution in [0.3, 0.4) is 0 Å². The number of aryl methyl sites for hydroxylation is 2. The molecule has 0 spiro atoms. The zero-order valence-electron chi connectivity index (χ0n) is 12.9. The second-order valence-corrected chi connectivity index (χ2v) is 5.98. The average molecular weight is 275 g/mol. The van der Waals surface area contributed by atoms with E-state index in [0.717, 1.165) is 29.7 Å². The Balaban J connectivity index is 1.98. The van der Waals surface area contributed by atoms with E-state index in [1.54, 1.807) is 0 Å². The number of piperidine rings is 1. The summed E-state index contributed by atoms with van der Waals surface area (Å²) in [7, 11) is 0. The van der Waals surface area contributed by atoms with E-state index in [1.807, 2.05) is 26.0 Å². The number of nitrogens with one attached hydrogen (secondary N) is 2. The fraction of sp³-hybridized carbons (Fsp3) is 0.562. The maximum atomic E-state index is 12.1. The molecule has 0 radical (unpaired) electrons. The first-order valence-electron chi connectivity index (χ1n) is 7.40. The Hall–Kier alpha value is -1.55. The van der Waals surface area contributed by atoms with Crippen LogP contribution >= 0.6 is 0 Å². The number of anilines is 1. The minimum Gasteiger partial charge on any atom is -0.307 e. The van der Waals surface area contributed by atoms with Crippen molar-refractivity contribution in [1.29, 1.82) is 0 Å². The number of hydrogen-bond acceptors (Lipinski definition) is 2. The van der Waals surface area contributed by atoms with Crippen molar-refractivity contribution in [3.05, 3.63) is 29.3 Å². The molecular formula is C16H25N3O. The number of carbonyl (C=O) groups excluding carboxylic acids is 1. The van der Waals surface area contributed by atoms with E-state index in [1.165, 1.54) is 6.42 Å². The maximum absolute atomic E-state index is 12.1. The van der Waals surface area contributed by atoms with E-state index in [9.17, 15) is 4.79 Å². The number of hydrazine groups is 1. The standard InChI is InChI=1S/C16H25N3O/c1-11-8-12(2)10-15(9-11)17-16(20)18-19-13(3)6-5-7-14(19)4/h8-10,13-14H,5-7H2,1-4H3,(H2,17,18,20)/t13-,14-/m0/s1. The van der Waals surface area contributed by atoms with Gasteiger partial charge in [-0.05, 0) is 63.8 Å². The van der Waals surface area contributed by atoms with Crippen LogP contribution in [0.15, 0.2) is 18.2 Å². The molecule has 1 aromatic rings. The summed E-state index contributed by atoms with van der Waals surface area (Å²) >= 11 is 0. The summed E-state index contributed by atoms with van der Waals surface area (Å²) < 4.78 is 0. The van der Waals surface area contributed by atoms with Crippen molar-refractivity contribution in [3.63, 3.8) is 0 Å². The molecule has 2 atom stereocenters. The topological polar surface area (TPSA) is 44.4 Å². The molecule has 4 heteroatoms. The summed E-state index contributed by atoms with van der Waals surface area (Å²) in [5.41, 5.74) is 6.14. The van der Waals surface area contributed by atoms with Crippen molar-refractivity contribution in [2.45, 2.75) is 59.0 Å². The normalized spacial score (nSPS) is 23.4. The van der Waals surface area contributed by atoms with Gasteiger partial charge in [-0.25, -0.2) is 9.80 Å². The summed E-state index contributed by atoms with van der Waals surface area (Å²) in [5, 5.41) is 4.99. The summed E-state index contributed by atoms with van der Waals surface area (Å²) in [5.74, 6) is 0. The van der Waals surface area contributed by atoms with Crippen LogP contribution in [0.25, 0.3) is 0 Å². The first kappa shape index (κ1) is 14.9. The number of nitrogens with zero attached hydrogens (tertiary/aromatic N) is 1. The van der Waals surface area contributed by atoms with Crippen molar-refractivity contribution < 1.29 is 4.79 Å². The van der Waals surface area contributed by atoms with Gasteiger partial charge >= 0.3 is 6.03 Å². The lowest BCUT2D eigenvalue weighted by atomic mass is 10.00. The van der Waals surface area contributed by atoms with Gasteiger partial charge in [0.05, 0.1) is 0 Å². The van der Waals surface area contributed by atoms with Crippen molar-refractivity contribution in [1.82, 2.24) is 10.4 Å². The molecule has 1 aliphatic heterocycles. The van der Waals surface area contributed by atoms with Crippen LogP contribution < -0.4 is 10.7 Å². The minimum atomic E-state index is -0.157. The first-order valence-corrected chi connectivity index (χ1v) is 7.40.